The topological polar surface area (TPSA) is 98.0 Å². The van der Waals surface area contributed by atoms with E-state index in [0.29, 0.717) is 44.2 Å². The van der Waals surface area contributed by atoms with Crippen LogP contribution in [0.3, 0.4) is 0 Å². The SMILES string of the molecule is Cc1oc(CNC(=O)C2(OCc3ccccc3)CCOCC2)cc1C(=O)O. The minimum absolute atomic E-state index is 0.0976. The summed E-state index contributed by atoms with van der Waals surface area (Å²) in [7, 11) is 0. The summed E-state index contributed by atoms with van der Waals surface area (Å²) in [5, 5.41) is 11.9. The molecule has 0 bridgehead atoms. The first-order chi connectivity index (χ1) is 13.0. The zero-order valence-electron chi connectivity index (χ0n) is 15.2. The summed E-state index contributed by atoms with van der Waals surface area (Å²) in [6.07, 6.45) is 0.923. The number of carboxylic acids is 1. The fraction of sp³-hybridized carbons (Fsp3) is 0.400. The van der Waals surface area contributed by atoms with Crippen LogP contribution in [0, 0.1) is 6.92 Å². The monoisotopic (exact) mass is 373 g/mol. The Hall–Kier alpha value is -2.64. The van der Waals surface area contributed by atoms with Gasteiger partial charge in [-0.05, 0) is 18.6 Å². The highest BCUT2D eigenvalue weighted by Crippen LogP contribution is 2.27. The lowest BCUT2D eigenvalue weighted by Gasteiger charge is -2.35. The van der Waals surface area contributed by atoms with Crippen LogP contribution >= 0.6 is 0 Å². The number of hydrogen-bond donors (Lipinski definition) is 2. The first-order valence-electron chi connectivity index (χ1n) is 8.87. The molecule has 1 aliphatic rings. The maximum Gasteiger partial charge on any atom is 0.339 e. The molecule has 1 aliphatic heterocycles. The zero-order valence-corrected chi connectivity index (χ0v) is 15.2. The third-order valence-corrected chi connectivity index (χ3v) is 4.69. The Morgan fingerprint density at radius 3 is 2.56 bits per heavy atom. The van der Waals surface area contributed by atoms with E-state index in [1.54, 1.807) is 6.92 Å². The van der Waals surface area contributed by atoms with Crippen molar-refractivity contribution in [2.75, 3.05) is 13.2 Å². The molecule has 1 amide bonds. The van der Waals surface area contributed by atoms with Crippen LogP contribution < -0.4 is 5.32 Å². The summed E-state index contributed by atoms with van der Waals surface area (Å²) in [6.45, 7) is 2.91. The highest BCUT2D eigenvalue weighted by molar-refractivity contribution is 5.89. The Labute approximate surface area is 157 Å². The van der Waals surface area contributed by atoms with Crippen molar-refractivity contribution in [3.05, 3.63) is 59.0 Å². The molecule has 7 nitrogen and oxygen atoms in total. The number of aryl methyl sites for hydroxylation is 1. The van der Waals surface area contributed by atoms with Crippen LogP contribution in [0.1, 0.15) is 40.3 Å². The number of ether oxygens (including phenoxy) is 2. The molecule has 27 heavy (non-hydrogen) atoms. The van der Waals surface area contributed by atoms with E-state index in [1.165, 1.54) is 6.07 Å². The molecule has 1 saturated heterocycles. The molecular weight excluding hydrogens is 350 g/mol. The van der Waals surface area contributed by atoms with Crippen molar-refractivity contribution >= 4 is 11.9 Å². The van der Waals surface area contributed by atoms with Crippen molar-refractivity contribution in [3.63, 3.8) is 0 Å². The van der Waals surface area contributed by atoms with Crippen molar-refractivity contribution in [1.82, 2.24) is 5.32 Å². The van der Waals surface area contributed by atoms with Gasteiger partial charge in [-0.2, -0.15) is 0 Å². The lowest BCUT2D eigenvalue weighted by atomic mass is 9.92. The van der Waals surface area contributed by atoms with Gasteiger partial charge in [-0.3, -0.25) is 4.79 Å². The van der Waals surface area contributed by atoms with E-state index < -0.39 is 11.6 Å². The minimum Gasteiger partial charge on any atom is -0.478 e. The second kappa shape index (κ2) is 8.37. The van der Waals surface area contributed by atoms with Crippen molar-refractivity contribution in [3.8, 4) is 0 Å². The summed E-state index contributed by atoms with van der Waals surface area (Å²) in [5.41, 5.74) is 0.120. The number of carbonyl (C=O) groups is 2. The highest BCUT2D eigenvalue weighted by atomic mass is 16.5. The second-order valence-corrected chi connectivity index (χ2v) is 6.55. The normalized spacial score (nSPS) is 16.0. The maximum atomic E-state index is 12.9. The van der Waals surface area contributed by atoms with Crippen molar-refractivity contribution in [2.45, 2.75) is 38.5 Å². The molecule has 2 aromatic rings. The van der Waals surface area contributed by atoms with Crippen LogP contribution in [-0.4, -0.2) is 35.8 Å². The molecule has 1 fully saturated rings. The van der Waals surface area contributed by atoms with E-state index >= 15 is 0 Å². The lowest BCUT2D eigenvalue weighted by Crippen LogP contribution is -2.52. The Bertz CT molecular complexity index is 792. The number of carbonyl (C=O) groups excluding carboxylic acids is 1. The van der Waals surface area contributed by atoms with Gasteiger partial charge in [0.15, 0.2) is 5.60 Å². The fourth-order valence-corrected chi connectivity index (χ4v) is 3.11. The summed E-state index contributed by atoms with van der Waals surface area (Å²) in [6, 6.07) is 11.1. The van der Waals surface area contributed by atoms with E-state index in [1.807, 2.05) is 30.3 Å². The van der Waals surface area contributed by atoms with Crippen LogP contribution in [0.5, 0.6) is 0 Å². The molecule has 1 aromatic heterocycles. The average Bonchev–Trinajstić information content (AvgIpc) is 3.07. The van der Waals surface area contributed by atoms with Gasteiger partial charge < -0.3 is 24.3 Å². The van der Waals surface area contributed by atoms with Crippen LogP contribution in [0.2, 0.25) is 0 Å². The molecule has 0 aliphatic carbocycles. The second-order valence-electron chi connectivity index (χ2n) is 6.55. The first-order valence-corrected chi connectivity index (χ1v) is 8.87. The van der Waals surface area contributed by atoms with Gasteiger partial charge in [-0.25, -0.2) is 4.79 Å². The quantitative estimate of drug-likeness (QED) is 0.774. The third kappa shape index (κ3) is 4.56. The highest BCUT2D eigenvalue weighted by Gasteiger charge is 2.41. The summed E-state index contributed by atoms with van der Waals surface area (Å²) >= 11 is 0. The number of nitrogens with one attached hydrogen (secondary N) is 1. The summed E-state index contributed by atoms with van der Waals surface area (Å²) in [5.74, 6) is -0.593. The van der Waals surface area contributed by atoms with Gasteiger partial charge in [0.2, 0.25) is 0 Å². The van der Waals surface area contributed by atoms with Gasteiger partial charge in [0.1, 0.15) is 17.1 Å². The maximum absolute atomic E-state index is 12.9. The number of benzene rings is 1. The minimum atomic E-state index is -1.05. The number of amides is 1. The van der Waals surface area contributed by atoms with E-state index in [-0.39, 0.29) is 18.0 Å². The first kappa shape index (κ1) is 19.1. The number of aromatic carboxylic acids is 1. The van der Waals surface area contributed by atoms with E-state index in [2.05, 4.69) is 5.32 Å². The number of furan rings is 1. The standard InChI is InChI=1S/C20H23NO6/c1-14-17(18(22)23)11-16(27-14)12-21-19(24)20(7-9-25-10-8-20)26-13-15-5-3-2-4-6-15/h2-6,11H,7-10,12-13H2,1H3,(H,21,24)(H,22,23). The van der Waals surface area contributed by atoms with E-state index in [4.69, 9.17) is 19.0 Å². The predicted molar refractivity (Wildman–Crippen MR) is 96.3 cm³/mol. The van der Waals surface area contributed by atoms with Gasteiger partial charge >= 0.3 is 5.97 Å². The van der Waals surface area contributed by atoms with Crippen LogP contribution in [-0.2, 0) is 27.4 Å². The molecule has 0 saturated carbocycles. The molecular formula is C20H23NO6. The molecule has 0 spiro atoms. The van der Waals surface area contributed by atoms with Gasteiger partial charge in [-0.1, -0.05) is 30.3 Å². The van der Waals surface area contributed by atoms with E-state index in [9.17, 15) is 9.59 Å². The molecule has 1 aromatic carbocycles. The average molecular weight is 373 g/mol. The fourth-order valence-electron chi connectivity index (χ4n) is 3.11. The molecule has 144 valence electrons. The zero-order chi connectivity index (χ0) is 19.3. The predicted octanol–water partition coefficient (Wildman–Crippen LogP) is 2.67. The van der Waals surface area contributed by atoms with Gasteiger partial charge in [0, 0.05) is 26.1 Å². The Morgan fingerprint density at radius 1 is 1.22 bits per heavy atom. The van der Waals surface area contributed by atoms with Crippen LogP contribution in [0.25, 0.3) is 0 Å². The largest absolute Gasteiger partial charge is 0.478 e. The van der Waals surface area contributed by atoms with Crippen molar-refractivity contribution in [2.24, 2.45) is 0 Å². The van der Waals surface area contributed by atoms with Crippen LogP contribution in [0.15, 0.2) is 40.8 Å². The van der Waals surface area contributed by atoms with E-state index in [0.717, 1.165) is 5.56 Å². The summed E-state index contributed by atoms with van der Waals surface area (Å²) < 4.78 is 16.9. The molecule has 0 unspecified atom stereocenters. The third-order valence-electron chi connectivity index (χ3n) is 4.69. The molecule has 2 N–H and O–H groups in total. The molecule has 0 atom stereocenters. The lowest BCUT2D eigenvalue weighted by molar-refractivity contribution is -0.163. The molecule has 0 radical (unpaired) electrons. The number of rotatable bonds is 7. The number of hydrogen-bond acceptors (Lipinski definition) is 5. The number of carboxylic acid groups (broad SMARTS) is 1. The smallest absolute Gasteiger partial charge is 0.339 e. The van der Waals surface area contributed by atoms with Crippen LogP contribution in [0.4, 0.5) is 0 Å². The Balaban J connectivity index is 1.66. The molecule has 7 heteroatoms. The Morgan fingerprint density at radius 2 is 1.93 bits per heavy atom. The van der Waals surface area contributed by atoms with Gasteiger partial charge in [0.05, 0.1) is 13.2 Å². The molecule has 2 heterocycles. The van der Waals surface area contributed by atoms with Crippen molar-refractivity contribution < 1.29 is 28.6 Å². The van der Waals surface area contributed by atoms with Gasteiger partial charge in [-0.15, -0.1) is 0 Å². The Kier molecular flexibility index (Phi) is 5.93. The van der Waals surface area contributed by atoms with Gasteiger partial charge in [0.25, 0.3) is 5.91 Å². The summed E-state index contributed by atoms with van der Waals surface area (Å²) in [4.78, 5) is 24.0. The van der Waals surface area contributed by atoms with Crippen molar-refractivity contribution in [1.29, 1.82) is 0 Å². The molecule has 3 rings (SSSR count).